The second-order valence-corrected chi connectivity index (χ2v) is 10.0. The summed E-state index contributed by atoms with van der Waals surface area (Å²) in [4.78, 5) is 10.8. The molecule has 0 unspecified atom stereocenters. The number of hydrogen-bond acceptors (Lipinski definition) is 7. The van der Waals surface area contributed by atoms with Crippen LogP contribution in [0.15, 0.2) is 70.7 Å². The van der Waals surface area contributed by atoms with Gasteiger partial charge in [0.15, 0.2) is 0 Å². The SMILES string of the molecule is CCCCCOc1ccc(/C=N\Nc2ccc(S(=O)(=O)Nc3ccc(C)cc3C)cc2[N+](=O)[O-])cc1. The predicted molar refractivity (Wildman–Crippen MR) is 142 cm³/mol. The fourth-order valence-corrected chi connectivity index (χ4v) is 4.57. The van der Waals surface area contributed by atoms with Crippen molar-refractivity contribution in [2.45, 2.75) is 44.9 Å². The average Bonchev–Trinajstić information content (AvgIpc) is 2.84. The van der Waals surface area contributed by atoms with E-state index < -0.39 is 20.6 Å². The minimum atomic E-state index is -4.03. The van der Waals surface area contributed by atoms with Gasteiger partial charge in [-0.2, -0.15) is 5.10 Å². The molecule has 3 rings (SSSR count). The Kier molecular flexibility index (Phi) is 9.02. The van der Waals surface area contributed by atoms with E-state index in [-0.39, 0.29) is 10.6 Å². The molecule has 0 aliphatic carbocycles. The number of nitro benzene ring substituents is 1. The molecule has 3 aromatic carbocycles. The average molecular weight is 511 g/mol. The first kappa shape index (κ1) is 26.7. The summed E-state index contributed by atoms with van der Waals surface area (Å²) in [5, 5.41) is 15.7. The highest BCUT2D eigenvalue weighted by molar-refractivity contribution is 7.92. The molecule has 0 radical (unpaired) electrons. The van der Waals surface area contributed by atoms with Gasteiger partial charge in [-0.3, -0.25) is 20.3 Å². The maximum Gasteiger partial charge on any atom is 0.295 e. The number of benzene rings is 3. The maximum atomic E-state index is 12.9. The van der Waals surface area contributed by atoms with Crippen molar-refractivity contribution in [1.82, 2.24) is 0 Å². The van der Waals surface area contributed by atoms with E-state index in [1.165, 1.54) is 18.3 Å². The molecule has 0 bridgehead atoms. The summed E-state index contributed by atoms with van der Waals surface area (Å²) in [7, 11) is -4.03. The summed E-state index contributed by atoms with van der Waals surface area (Å²) in [5.74, 6) is 0.762. The van der Waals surface area contributed by atoms with E-state index in [0.717, 1.165) is 47.8 Å². The Bertz CT molecular complexity index is 1340. The molecule has 0 saturated carbocycles. The van der Waals surface area contributed by atoms with Crippen molar-refractivity contribution in [2.75, 3.05) is 16.8 Å². The minimum Gasteiger partial charge on any atom is -0.494 e. The van der Waals surface area contributed by atoms with E-state index in [2.05, 4.69) is 22.2 Å². The summed E-state index contributed by atoms with van der Waals surface area (Å²) in [6.07, 6.45) is 4.77. The molecule has 0 spiro atoms. The van der Waals surface area contributed by atoms with Crippen molar-refractivity contribution in [3.63, 3.8) is 0 Å². The molecule has 0 aromatic heterocycles. The Morgan fingerprint density at radius 3 is 2.39 bits per heavy atom. The van der Waals surface area contributed by atoms with Gasteiger partial charge in [-0.05, 0) is 73.9 Å². The lowest BCUT2D eigenvalue weighted by atomic mass is 10.1. The smallest absolute Gasteiger partial charge is 0.295 e. The van der Waals surface area contributed by atoms with Crippen LogP contribution in [0.2, 0.25) is 0 Å². The number of hydrogen-bond donors (Lipinski definition) is 2. The first-order chi connectivity index (χ1) is 17.2. The van der Waals surface area contributed by atoms with Crippen molar-refractivity contribution in [1.29, 1.82) is 0 Å². The normalized spacial score (nSPS) is 11.4. The molecule has 9 nitrogen and oxygen atoms in total. The first-order valence-corrected chi connectivity index (χ1v) is 13.1. The van der Waals surface area contributed by atoms with Crippen molar-refractivity contribution < 1.29 is 18.1 Å². The van der Waals surface area contributed by atoms with Crippen LogP contribution in [0.1, 0.15) is 42.9 Å². The van der Waals surface area contributed by atoms with Gasteiger partial charge in [-0.1, -0.05) is 37.5 Å². The zero-order valence-electron chi connectivity index (χ0n) is 20.5. The van der Waals surface area contributed by atoms with Crippen LogP contribution in [-0.4, -0.2) is 26.2 Å². The molecule has 0 heterocycles. The molecule has 0 atom stereocenters. The van der Waals surface area contributed by atoms with E-state index in [1.54, 1.807) is 19.1 Å². The fourth-order valence-electron chi connectivity index (χ4n) is 3.42. The number of rotatable bonds is 12. The van der Waals surface area contributed by atoms with Crippen LogP contribution >= 0.6 is 0 Å². The van der Waals surface area contributed by atoms with E-state index >= 15 is 0 Å². The molecule has 2 N–H and O–H groups in total. The Labute approximate surface area is 211 Å². The van der Waals surface area contributed by atoms with E-state index in [1.807, 2.05) is 37.3 Å². The van der Waals surface area contributed by atoms with Crippen molar-refractivity contribution >= 4 is 33.3 Å². The van der Waals surface area contributed by atoms with Gasteiger partial charge in [0.05, 0.1) is 28.3 Å². The summed E-state index contributed by atoms with van der Waals surface area (Å²) in [6.45, 7) is 6.49. The van der Waals surface area contributed by atoms with Crippen LogP contribution in [0.5, 0.6) is 5.75 Å². The third-order valence-electron chi connectivity index (χ3n) is 5.40. The van der Waals surface area contributed by atoms with Gasteiger partial charge in [-0.15, -0.1) is 0 Å². The topological polar surface area (TPSA) is 123 Å². The minimum absolute atomic E-state index is 0.0672. The molecular formula is C26H30N4O5S. The second-order valence-electron chi connectivity index (χ2n) is 8.35. The third kappa shape index (κ3) is 7.29. The summed E-state index contributed by atoms with van der Waals surface area (Å²) < 4.78 is 33.9. The van der Waals surface area contributed by atoms with Crippen molar-refractivity contribution in [2.24, 2.45) is 5.10 Å². The second kappa shape index (κ2) is 12.2. The standard InChI is InChI=1S/C26H30N4O5S/c1-4-5-6-15-35-22-10-8-21(9-11-22)18-27-28-25-14-12-23(17-26(25)30(31)32)36(33,34)29-24-13-7-19(2)16-20(24)3/h7-14,16-18,28-29H,4-6,15H2,1-3H3/b27-18-. The van der Waals surface area contributed by atoms with Crippen LogP contribution in [0.3, 0.4) is 0 Å². The van der Waals surface area contributed by atoms with Crippen molar-refractivity contribution in [3.05, 3.63) is 87.5 Å². The Balaban J connectivity index is 1.70. The fraction of sp³-hybridized carbons (Fsp3) is 0.269. The molecule has 36 heavy (non-hydrogen) atoms. The zero-order valence-corrected chi connectivity index (χ0v) is 21.3. The monoisotopic (exact) mass is 510 g/mol. The van der Waals surface area contributed by atoms with E-state index in [4.69, 9.17) is 4.74 Å². The lowest BCUT2D eigenvalue weighted by Gasteiger charge is -2.12. The van der Waals surface area contributed by atoms with Crippen LogP contribution in [0.4, 0.5) is 17.1 Å². The number of aryl methyl sites for hydroxylation is 2. The number of nitro groups is 1. The lowest BCUT2D eigenvalue weighted by molar-refractivity contribution is -0.384. The predicted octanol–water partition coefficient (Wildman–Crippen LogP) is 6.03. The Morgan fingerprint density at radius 2 is 1.72 bits per heavy atom. The van der Waals surface area contributed by atoms with E-state index in [9.17, 15) is 18.5 Å². The molecule has 10 heteroatoms. The molecule has 0 aliphatic heterocycles. The van der Waals surface area contributed by atoms with Gasteiger partial charge in [0.25, 0.3) is 15.7 Å². The van der Waals surface area contributed by atoms with Crippen LogP contribution in [-0.2, 0) is 10.0 Å². The Hall–Kier alpha value is -3.92. The summed E-state index contributed by atoms with van der Waals surface area (Å²) in [6, 6.07) is 16.2. The maximum absolute atomic E-state index is 12.9. The van der Waals surface area contributed by atoms with E-state index in [0.29, 0.717) is 12.3 Å². The van der Waals surface area contributed by atoms with Gasteiger partial charge >= 0.3 is 0 Å². The largest absolute Gasteiger partial charge is 0.494 e. The number of sulfonamides is 1. The number of anilines is 2. The molecule has 0 fully saturated rings. The van der Waals surface area contributed by atoms with Gasteiger partial charge < -0.3 is 4.74 Å². The van der Waals surface area contributed by atoms with Crippen LogP contribution in [0, 0.1) is 24.0 Å². The van der Waals surface area contributed by atoms with Gasteiger partial charge in [-0.25, -0.2) is 8.42 Å². The third-order valence-corrected chi connectivity index (χ3v) is 6.76. The molecule has 3 aromatic rings. The molecule has 0 aliphatic rings. The summed E-state index contributed by atoms with van der Waals surface area (Å²) in [5.41, 5.74) is 5.21. The molecular weight excluding hydrogens is 480 g/mol. The first-order valence-electron chi connectivity index (χ1n) is 11.6. The number of unbranched alkanes of at least 4 members (excludes halogenated alkanes) is 2. The molecule has 0 saturated heterocycles. The van der Waals surface area contributed by atoms with Gasteiger partial charge in [0.2, 0.25) is 0 Å². The highest BCUT2D eigenvalue weighted by Gasteiger charge is 2.22. The van der Waals surface area contributed by atoms with Crippen molar-refractivity contribution in [3.8, 4) is 5.75 Å². The lowest BCUT2D eigenvalue weighted by Crippen LogP contribution is -2.14. The quantitative estimate of drug-likeness (QED) is 0.133. The number of hydrazone groups is 1. The Morgan fingerprint density at radius 1 is 1.00 bits per heavy atom. The molecule has 190 valence electrons. The van der Waals surface area contributed by atoms with Crippen LogP contribution in [0.25, 0.3) is 0 Å². The highest BCUT2D eigenvalue weighted by atomic mass is 32.2. The van der Waals surface area contributed by atoms with Crippen LogP contribution < -0.4 is 14.9 Å². The number of ether oxygens (including phenoxy) is 1. The number of nitrogens with one attached hydrogen (secondary N) is 2. The zero-order chi connectivity index (χ0) is 26.1. The van der Waals surface area contributed by atoms with Gasteiger partial charge in [0, 0.05) is 6.07 Å². The summed E-state index contributed by atoms with van der Waals surface area (Å²) >= 11 is 0. The number of nitrogens with zero attached hydrogens (tertiary/aromatic N) is 2. The van der Waals surface area contributed by atoms with Gasteiger partial charge in [0.1, 0.15) is 11.4 Å². The molecule has 0 amide bonds. The highest BCUT2D eigenvalue weighted by Crippen LogP contribution is 2.29.